The molecule has 28 heavy (non-hydrogen) atoms. The largest absolute Gasteiger partial charge is 0.507 e. The highest BCUT2D eigenvalue weighted by Crippen LogP contribution is 2.36. The summed E-state index contributed by atoms with van der Waals surface area (Å²) in [5.41, 5.74) is 6.12. The summed E-state index contributed by atoms with van der Waals surface area (Å²) in [6.07, 6.45) is -3.42. The molecule has 1 saturated heterocycles. The fraction of sp³-hybridized carbons (Fsp3) is 0.333. The number of carbonyl (C=O) groups excluding carboxylic acids is 1. The molecule has 0 saturated carbocycles. The molecule has 148 valence electrons. The van der Waals surface area contributed by atoms with Crippen molar-refractivity contribution in [3.63, 3.8) is 0 Å². The van der Waals surface area contributed by atoms with Gasteiger partial charge in [0.25, 0.3) is 0 Å². The van der Waals surface area contributed by atoms with Crippen molar-refractivity contribution in [2.75, 3.05) is 6.54 Å². The topological polar surface area (TPSA) is 113 Å². The Morgan fingerprint density at radius 3 is 2.61 bits per heavy atom. The Kier molecular flexibility index (Phi) is 5.32. The molecule has 3 rings (SSSR count). The number of alkyl halides is 3. The average molecular weight is 393 g/mol. The highest BCUT2D eigenvalue weighted by atomic mass is 19.4. The Morgan fingerprint density at radius 2 is 2.07 bits per heavy atom. The minimum atomic E-state index is -4.54. The molecule has 1 amide bonds. The minimum Gasteiger partial charge on any atom is -0.507 e. The molecule has 1 aromatic carbocycles. The van der Waals surface area contributed by atoms with Crippen LogP contribution < -0.4 is 11.1 Å². The predicted octanol–water partition coefficient (Wildman–Crippen LogP) is 2.49. The van der Waals surface area contributed by atoms with Gasteiger partial charge in [0.2, 0.25) is 5.91 Å². The van der Waals surface area contributed by atoms with E-state index in [1.54, 1.807) is 13.0 Å². The SMILES string of the molecule is Cc1cc(N=C2CC[C@@H](C(N)=O)NC2)nnc1-c1ccc(C(F)(F)F)cc1O. The van der Waals surface area contributed by atoms with Crippen molar-refractivity contribution in [3.05, 3.63) is 35.4 Å². The molecule has 0 bridgehead atoms. The Balaban J connectivity index is 1.82. The van der Waals surface area contributed by atoms with Crippen LogP contribution in [0.15, 0.2) is 29.3 Å². The van der Waals surface area contributed by atoms with Crippen LogP contribution in [0.5, 0.6) is 5.75 Å². The summed E-state index contributed by atoms with van der Waals surface area (Å²) in [7, 11) is 0. The smallest absolute Gasteiger partial charge is 0.416 e. The Bertz CT molecular complexity index is 933. The van der Waals surface area contributed by atoms with Crippen LogP contribution in [0.3, 0.4) is 0 Å². The molecule has 7 nitrogen and oxygen atoms in total. The molecule has 0 aliphatic carbocycles. The molecule has 1 atom stereocenters. The number of hydrogen-bond donors (Lipinski definition) is 3. The number of aromatic nitrogens is 2. The molecule has 1 fully saturated rings. The summed E-state index contributed by atoms with van der Waals surface area (Å²) in [6, 6.07) is 3.96. The number of hydrogen-bond acceptors (Lipinski definition) is 6. The van der Waals surface area contributed by atoms with E-state index in [9.17, 15) is 23.1 Å². The Labute approximate surface area is 158 Å². The van der Waals surface area contributed by atoms with Gasteiger partial charge in [-0.15, -0.1) is 10.2 Å². The highest BCUT2D eigenvalue weighted by Gasteiger charge is 2.31. The monoisotopic (exact) mass is 393 g/mol. The number of aromatic hydroxyl groups is 1. The van der Waals surface area contributed by atoms with E-state index in [0.29, 0.717) is 36.8 Å². The summed E-state index contributed by atoms with van der Waals surface area (Å²) < 4.78 is 38.2. The summed E-state index contributed by atoms with van der Waals surface area (Å²) in [5, 5.41) is 21.0. The van der Waals surface area contributed by atoms with Crippen LogP contribution in [0, 0.1) is 6.92 Å². The van der Waals surface area contributed by atoms with Gasteiger partial charge in [-0.2, -0.15) is 13.2 Å². The first-order valence-corrected chi connectivity index (χ1v) is 8.49. The molecule has 0 spiro atoms. The van der Waals surface area contributed by atoms with E-state index < -0.39 is 23.4 Å². The fourth-order valence-electron chi connectivity index (χ4n) is 2.94. The van der Waals surface area contributed by atoms with Gasteiger partial charge in [0.05, 0.1) is 17.3 Å². The molecule has 4 N–H and O–H groups in total. The number of benzene rings is 1. The fourth-order valence-corrected chi connectivity index (χ4v) is 2.94. The van der Waals surface area contributed by atoms with E-state index in [2.05, 4.69) is 20.5 Å². The van der Waals surface area contributed by atoms with E-state index in [1.165, 1.54) is 0 Å². The number of nitrogens with zero attached hydrogens (tertiary/aromatic N) is 3. The number of phenolic OH excluding ortho intramolecular Hbond substituents is 1. The van der Waals surface area contributed by atoms with Crippen LogP contribution in [0.25, 0.3) is 11.3 Å². The number of nitrogens with one attached hydrogen (secondary N) is 1. The average Bonchev–Trinajstić information content (AvgIpc) is 2.62. The number of carbonyl (C=O) groups is 1. The first kappa shape index (κ1) is 19.7. The first-order valence-electron chi connectivity index (χ1n) is 8.49. The maximum absolute atomic E-state index is 12.7. The van der Waals surface area contributed by atoms with Crippen LogP contribution >= 0.6 is 0 Å². The lowest BCUT2D eigenvalue weighted by atomic mass is 10.0. The van der Waals surface area contributed by atoms with Gasteiger partial charge in [-0.05, 0) is 49.6 Å². The molecular weight excluding hydrogens is 375 g/mol. The maximum atomic E-state index is 12.7. The van der Waals surface area contributed by atoms with Gasteiger partial charge in [0, 0.05) is 17.8 Å². The molecule has 0 radical (unpaired) electrons. The third kappa shape index (κ3) is 4.28. The van der Waals surface area contributed by atoms with Crippen molar-refractivity contribution in [1.82, 2.24) is 15.5 Å². The van der Waals surface area contributed by atoms with E-state index in [4.69, 9.17) is 5.73 Å². The number of piperidine rings is 1. The number of amides is 1. The van der Waals surface area contributed by atoms with Crippen molar-refractivity contribution >= 4 is 17.4 Å². The van der Waals surface area contributed by atoms with Crippen molar-refractivity contribution in [2.24, 2.45) is 10.7 Å². The standard InChI is InChI=1S/C18H18F3N5O2/c1-9-6-15(24-11-3-5-13(17(22)28)23-8-11)25-26-16(9)12-4-2-10(7-14(12)27)18(19,20)21/h2,4,6-7,13,23,27H,3,5,8H2,1H3,(H2,22,28)/t13-/m0/s1. The summed E-state index contributed by atoms with van der Waals surface area (Å²) >= 11 is 0. The molecule has 1 aliphatic rings. The van der Waals surface area contributed by atoms with Crippen LogP contribution in [0.1, 0.15) is 24.0 Å². The highest BCUT2D eigenvalue weighted by molar-refractivity contribution is 5.91. The molecule has 2 heterocycles. The van der Waals surface area contributed by atoms with E-state index in [0.717, 1.165) is 17.8 Å². The zero-order chi connectivity index (χ0) is 20.5. The van der Waals surface area contributed by atoms with Gasteiger partial charge in [0.1, 0.15) is 5.75 Å². The van der Waals surface area contributed by atoms with Crippen molar-refractivity contribution in [3.8, 4) is 17.0 Å². The number of aryl methyl sites for hydroxylation is 1. The van der Waals surface area contributed by atoms with Gasteiger partial charge >= 0.3 is 6.18 Å². The minimum absolute atomic E-state index is 0.154. The van der Waals surface area contributed by atoms with E-state index >= 15 is 0 Å². The zero-order valence-corrected chi connectivity index (χ0v) is 14.9. The number of halogens is 3. The normalized spacial score (nSPS) is 19.0. The number of aliphatic imine (C=N–C) groups is 1. The lowest BCUT2D eigenvalue weighted by molar-refractivity contribution is -0.137. The predicted molar refractivity (Wildman–Crippen MR) is 96.2 cm³/mol. The number of rotatable bonds is 3. The van der Waals surface area contributed by atoms with Gasteiger partial charge in [-0.3, -0.25) is 4.79 Å². The Hall–Kier alpha value is -3.01. The summed E-state index contributed by atoms with van der Waals surface area (Å²) in [5.74, 6) is -0.599. The molecule has 10 heteroatoms. The van der Waals surface area contributed by atoms with E-state index in [-0.39, 0.29) is 17.3 Å². The van der Waals surface area contributed by atoms with Gasteiger partial charge < -0.3 is 16.2 Å². The van der Waals surface area contributed by atoms with Crippen molar-refractivity contribution < 1.29 is 23.1 Å². The van der Waals surface area contributed by atoms with Crippen LogP contribution in [-0.2, 0) is 11.0 Å². The molecule has 0 unspecified atom stereocenters. The second kappa shape index (κ2) is 7.55. The lowest BCUT2D eigenvalue weighted by Gasteiger charge is -2.21. The van der Waals surface area contributed by atoms with Gasteiger partial charge in [0.15, 0.2) is 5.82 Å². The van der Waals surface area contributed by atoms with Gasteiger partial charge in [-0.25, -0.2) is 4.99 Å². The molecular formula is C18H18F3N5O2. The van der Waals surface area contributed by atoms with Crippen LogP contribution in [0.4, 0.5) is 19.0 Å². The molecule has 1 aromatic heterocycles. The second-order valence-corrected chi connectivity index (χ2v) is 6.52. The maximum Gasteiger partial charge on any atom is 0.416 e. The van der Waals surface area contributed by atoms with Crippen molar-refractivity contribution in [2.45, 2.75) is 32.0 Å². The second-order valence-electron chi connectivity index (χ2n) is 6.52. The zero-order valence-electron chi connectivity index (χ0n) is 14.9. The third-order valence-corrected chi connectivity index (χ3v) is 4.44. The number of phenols is 1. The number of nitrogens with two attached hydrogens (primary N) is 1. The van der Waals surface area contributed by atoms with E-state index in [1.807, 2.05) is 0 Å². The molecule has 1 aliphatic heterocycles. The number of primary amides is 1. The Morgan fingerprint density at radius 1 is 1.32 bits per heavy atom. The molecule has 2 aromatic rings. The first-order chi connectivity index (χ1) is 13.1. The summed E-state index contributed by atoms with van der Waals surface area (Å²) in [6.45, 7) is 2.10. The van der Waals surface area contributed by atoms with Crippen LogP contribution in [-0.4, -0.2) is 39.5 Å². The summed E-state index contributed by atoms with van der Waals surface area (Å²) in [4.78, 5) is 15.5. The van der Waals surface area contributed by atoms with Crippen molar-refractivity contribution in [1.29, 1.82) is 0 Å². The third-order valence-electron chi connectivity index (χ3n) is 4.44. The quantitative estimate of drug-likeness (QED) is 0.741. The van der Waals surface area contributed by atoms with Crippen LogP contribution in [0.2, 0.25) is 0 Å². The lowest BCUT2D eigenvalue weighted by Crippen LogP contribution is -2.47. The van der Waals surface area contributed by atoms with Gasteiger partial charge in [-0.1, -0.05) is 0 Å².